The molecular formula is C20H20N4O4S2. The number of hydrogen-bond acceptors (Lipinski definition) is 7. The van der Waals surface area contributed by atoms with Crippen LogP contribution >= 0.6 is 11.5 Å². The number of piperidine rings is 1. The normalized spacial score (nSPS) is 17.6. The van der Waals surface area contributed by atoms with Crippen molar-refractivity contribution in [1.82, 2.24) is 13.9 Å². The van der Waals surface area contributed by atoms with E-state index in [-0.39, 0.29) is 11.8 Å². The average Bonchev–Trinajstić information content (AvgIpc) is 3.42. The van der Waals surface area contributed by atoms with Gasteiger partial charge in [-0.3, -0.25) is 4.79 Å². The molecule has 156 valence electrons. The third kappa shape index (κ3) is 3.55. The Balaban J connectivity index is 1.23. The predicted molar refractivity (Wildman–Crippen MR) is 113 cm³/mol. The van der Waals surface area contributed by atoms with Gasteiger partial charge in [-0.25, -0.2) is 8.42 Å². The molecule has 3 aromatic rings. The van der Waals surface area contributed by atoms with Crippen molar-refractivity contribution in [2.24, 2.45) is 5.92 Å². The molecule has 1 aromatic heterocycles. The van der Waals surface area contributed by atoms with Crippen molar-refractivity contribution in [1.29, 1.82) is 0 Å². The van der Waals surface area contributed by atoms with E-state index in [1.165, 1.54) is 15.8 Å². The van der Waals surface area contributed by atoms with E-state index in [9.17, 15) is 13.2 Å². The highest BCUT2D eigenvalue weighted by atomic mass is 32.2. The lowest BCUT2D eigenvalue weighted by Gasteiger charge is -2.30. The minimum Gasteiger partial charge on any atom is -0.493 e. The quantitative estimate of drug-likeness (QED) is 0.664. The fourth-order valence-electron chi connectivity index (χ4n) is 3.93. The first-order valence-electron chi connectivity index (χ1n) is 9.79. The summed E-state index contributed by atoms with van der Waals surface area (Å²) in [5.74, 6) is 0.439. The molecule has 2 aliphatic heterocycles. The van der Waals surface area contributed by atoms with E-state index in [2.05, 4.69) is 14.9 Å². The summed E-state index contributed by atoms with van der Waals surface area (Å²) >= 11 is 1.31. The lowest BCUT2D eigenvalue weighted by molar-refractivity contribution is -0.120. The topological polar surface area (TPSA) is 101 Å². The fourth-order valence-corrected chi connectivity index (χ4v) is 5.99. The van der Waals surface area contributed by atoms with Gasteiger partial charge in [0.05, 0.1) is 16.2 Å². The van der Waals surface area contributed by atoms with E-state index >= 15 is 0 Å². The summed E-state index contributed by atoms with van der Waals surface area (Å²) in [6, 6.07) is 10.5. The Labute approximate surface area is 178 Å². The summed E-state index contributed by atoms with van der Waals surface area (Å²) in [6.07, 6.45) is 1.70. The number of sulfonamides is 1. The van der Waals surface area contributed by atoms with Crippen molar-refractivity contribution >= 4 is 43.4 Å². The number of amides is 1. The van der Waals surface area contributed by atoms with Gasteiger partial charge in [0.1, 0.15) is 11.3 Å². The second-order valence-electron chi connectivity index (χ2n) is 7.49. The molecule has 5 rings (SSSR count). The standard InChI is InChI=1S/C20H20N4O4S2/c25-20(21-15-1-4-19-17(12-15)22-23-29-19)13-5-8-24(9-6-13)30(26,27)16-2-3-18-14(11-16)7-10-28-18/h1-4,11-13H,5-10H2,(H,21,25). The number of carbonyl (C=O) groups is 1. The molecule has 1 saturated heterocycles. The molecule has 0 unspecified atom stereocenters. The Kier molecular flexibility index (Phi) is 4.92. The van der Waals surface area contributed by atoms with E-state index < -0.39 is 10.0 Å². The summed E-state index contributed by atoms with van der Waals surface area (Å²) < 4.78 is 37.8. The average molecular weight is 445 g/mol. The molecule has 0 aliphatic carbocycles. The SMILES string of the molecule is O=C(Nc1ccc2snnc2c1)C1CCN(S(=O)(=O)c2ccc3c(c2)CCO3)CC1. The van der Waals surface area contributed by atoms with Crippen LogP contribution in [0.1, 0.15) is 18.4 Å². The number of nitrogens with one attached hydrogen (secondary N) is 1. The van der Waals surface area contributed by atoms with Crippen LogP contribution in [0.15, 0.2) is 41.3 Å². The molecule has 30 heavy (non-hydrogen) atoms. The minimum absolute atomic E-state index is 0.0933. The van der Waals surface area contributed by atoms with Gasteiger partial charge in [-0.1, -0.05) is 4.49 Å². The summed E-state index contributed by atoms with van der Waals surface area (Å²) in [7, 11) is -3.58. The van der Waals surface area contributed by atoms with Crippen LogP contribution in [0.2, 0.25) is 0 Å². The maximum Gasteiger partial charge on any atom is 0.243 e. The summed E-state index contributed by atoms with van der Waals surface area (Å²) in [6.45, 7) is 1.23. The second kappa shape index (κ2) is 7.60. The third-order valence-electron chi connectivity index (χ3n) is 5.64. The number of anilines is 1. The summed E-state index contributed by atoms with van der Waals surface area (Å²) in [5, 5.41) is 6.95. The molecule has 0 bridgehead atoms. The fraction of sp³-hybridized carbons (Fsp3) is 0.350. The number of nitrogens with zero attached hydrogens (tertiary/aromatic N) is 3. The zero-order valence-electron chi connectivity index (χ0n) is 16.1. The van der Waals surface area contributed by atoms with Gasteiger partial charge >= 0.3 is 0 Å². The second-order valence-corrected chi connectivity index (χ2v) is 10.2. The van der Waals surface area contributed by atoms with Crippen LogP contribution in [-0.2, 0) is 21.2 Å². The molecule has 0 atom stereocenters. The monoisotopic (exact) mass is 444 g/mol. The first-order valence-corrected chi connectivity index (χ1v) is 12.0. The molecule has 0 radical (unpaired) electrons. The molecule has 3 heterocycles. The molecule has 1 fully saturated rings. The first kappa shape index (κ1) is 19.4. The van der Waals surface area contributed by atoms with Crippen molar-refractivity contribution in [3.05, 3.63) is 42.0 Å². The Hall–Kier alpha value is -2.56. The van der Waals surface area contributed by atoms with E-state index in [1.807, 2.05) is 12.1 Å². The van der Waals surface area contributed by atoms with Crippen LogP contribution in [-0.4, -0.2) is 47.9 Å². The molecule has 2 aromatic carbocycles. The maximum absolute atomic E-state index is 13.0. The van der Waals surface area contributed by atoms with Crippen LogP contribution in [0.5, 0.6) is 5.75 Å². The van der Waals surface area contributed by atoms with E-state index in [4.69, 9.17) is 4.74 Å². The van der Waals surface area contributed by atoms with Crippen molar-refractivity contribution in [3.8, 4) is 5.75 Å². The van der Waals surface area contributed by atoms with Gasteiger partial charge in [0.2, 0.25) is 15.9 Å². The van der Waals surface area contributed by atoms with Gasteiger partial charge in [-0.15, -0.1) is 5.10 Å². The zero-order valence-corrected chi connectivity index (χ0v) is 17.7. The van der Waals surface area contributed by atoms with E-state index in [1.54, 1.807) is 24.3 Å². The first-order chi connectivity index (χ1) is 14.5. The van der Waals surface area contributed by atoms with Crippen LogP contribution < -0.4 is 10.1 Å². The Morgan fingerprint density at radius 3 is 2.83 bits per heavy atom. The van der Waals surface area contributed by atoms with Crippen molar-refractivity contribution in [3.63, 3.8) is 0 Å². The number of aromatic nitrogens is 2. The lowest BCUT2D eigenvalue weighted by atomic mass is 9.97. The van der Waals surface area contributed by atoms with Crippen LogP contribution in [0.4, 0.5) is 5.69 Å². The smallest absolute Gasteiger partial charge is 0.243 e. The van der Waals surface area contributed by atoms with Gasteiger partial charge < -0.3 is 10.1 Å². The molecule has 1 N–H and O–H groups in total. The molecular weight excluding hydrogens is 424 g/mol. The molecule has 1 amide bonds. The largest absolute Gasteiger partial charge is 0.493 e. The van der Waals surface area contributed by atoms with Gasteiger partial charge in [-0.2, -0.15) is 4.31 Å². The van der Waals surface area contributed by atoms with Gasteiger partial charge in [-0.05, 0) is 66.3 Å². The molecule has 10 heteroatoms. The Morgan fingerprint density at radius 2 is 2.00 bits per heavy atom. The highest BCUT2D eigenvalue weighted by Crippen LogP contribution is 2.31. The van der Waals surface area contributed by atoms with Crippen LogP contribution in [0, 0.1) is 5.92 Å². The van der Waals surface area contributed by atoms with E-state index in [0.29, 0.717) is 43.1 Å². The number of hydrogen-bond donors (Lipinski definition) is 1. The number of ether oxygens (including phenoxy) is 1. The van der Waals surface area contributed by atoms with Crippen molar-refractivity contribution < 1.29 is 17.9 Å². The molecule has 0 saturated carbocycles. The van der Waals surface area contributed by atoms with Crippen molar-refractivity contribution in [2.75, 3.05) is 25.0 Å². The number of carbonyl (C=O) groups excluding carboxylic acids is 1. The Morgan fingerprint density at radius 1 is 1.17 bits per heavy atom. The summed E-state index contributed by atoms with van der Waals surface area (Å²) in [5.41, 5.74) is 2.35. The molecule has 0 spiro atoms. The number of fused-ring (bicyclic) bond motifs is 2. The molecule has 2 aliphatic rings. The lowest BCUT2D eigenvalue weighted by Crippen LogP contribution is -2.41. The number of rotatable bonds is 4. The van der Waals surface area contributed by atoms with Crippen LogP contribution in [0.3, 0.4) is 0 Å². The van der Waals surface area contributed by atoms with Crippen molar-refractivity contribution in [2.45, 2.75) is 24.2 Å². The summed E-state index contributed by atoms with van der Waals surface area (Å²) in [4.78, 5) is 13.0. The molecule has 8 nitrogen and oxygen atoms in total. The zero-order chi connectivity index (χ0) is 20.7. The minimum atomic E-state index is -3.58. The van der Waals surface area contributed by atoms with Gasteiger partial charge in [0.25, 0.3) is 0 Å². The van der Waals surface area contributed by atoms with Gasteiger partial charge in [0.15, 0.2) is 0 Å². The van der Waals surface area contributed by atoms with Crippen LogP contribution in [0.25, 0.3) is 10.2 Å². The maximum atomic E-state index is 13.0. The van der Waals surface area contributed by atoms with Gasteiger partial charge in [0, 0.05) is 31.1 Å². The predicted octanol–water partition coefficient (Wildman–Crippen LogP) is 2.67. The number of benzene rings is 2. The highest BCUT2D eigenvalue weighted by molar-refractivity contribution is 7.89. The Bertz CT molecular complexity index is 1220. The van der Waals surface area contributed by atoms with E-state index in [0.717, 1.165) is 28.0 Å². The highest BCUT2D eigenvalue weighted by Gasteiger charge is 2.32. The third-order valence-corrected chi connectivity index (χ3v) is 8.24.